The number of aryl methyl sites for hydroxylation is 1. The van der Waals surface area contributed by atoms with Gasteiger partial charge in [0.15, 0.2) is 6.61 Å². The number of rotatable bonds is 9. The molecule has 1 amide bonds. The van der Waals surface area contributed by atoms with Crippen LogP contribution in [0.2, 0.25) is 0 Å². The van der Waals surface area contributed by atoms with Gasteiger partial charge >= 0.3 is 0 Å². The van der Waals surface area contributed by atoms with Crippen molar-refractivity contribution in [3.63, 3.8) is 0 Å². The van der Waals surface area contributed by atoms with Crippen LogP contribution in [0.4, 0.5) is 11.4 Å². The van der Waals surface area contributed by atoms with Gasteiger partial charge in [-0.2, -0.15) is 0 Å². The van der Waals surface area contributed by atoms with E-state index < -0.39 is 10.0 Å². The predicted octanol–water partition coefficient (Wildman–Crippen LogP) is 4.21. The van der Waals surface area contributed by atoms with Crippen LogP contribution >= 0.6 is 0 Å². The highest BCUT2D eigenvalue weighted by Gasteiger charge is 2.14. The van der Waals surface area contributed by atoms with E-state index in [2.05, 4.69) is 10.0 Å². The number of ether oxygens (including phenoxy) is 2. The Labute approximate surface area is 182 Å². The number of carbonyl (C=O) groups is 1. The van der Waals surface area contributed by atoms with Crippen LogP contribution in [0.1, 0.15) is 12.5 Å². The summed E-state index contributed by atoms with van der Waals surface area (Å²) in [6, 6.07) is 20.0. The van der Waals surface area contributed by atoms with E-state index in [1.165, 1.54) is 24.3 Å². The van der Waals surface area contributed by atoms with E-state index in [4.69, 9.17) is 9.47 Å². The van der Waals surface area contributed by atoms with E-state index in [-0.39, 0.29) is 17.4 Å². The van der Waals surface area contributed by atoms with Gasteiger partial charge in [-0.3, -0.25) is 9.52 Å². The summed E-state index contributed by atoms with van der Waals surface area (Å²) < 4.78 is 38.5. The molecule has 31 heavy (non-hydrogen) atoms. The van der Waals surface area contributed by atoms with E-state index in [1.807, 2.05) is 32.0 Å². The largest absolute Gasteiger partial charge is 0.492 e. The Hall–Kier alpha value is -3.52. The summed E-state index contributed by atoms with van der Waals surface area (Å²) in [6.07, 6.45) is 0. The Kier molecular flexibility index (Phi) is 7.15. The maximum absolute atomic E-state index is 12.5. The fourth-order valence-electron chi connectivity index (χ4n) is 2.74. The zero-order chi connectivity index (χ0) is 22.3. The Bertz CT molecular complexity index is 1130. The molecule has 7 nitrogen and oxygen atoms in total. The molecule has 162 valence electrons. The third-order valence-corrected chi connectivity index (χ3v) is 5.67. The zero-order valence-electron chi connectivity index (χ0n) is 17.3. The van der Waals surface area contributed by atoms with Crippen LogP contribution in [0.5, 0.6) is 11.5 Å². The molecule has 0 atom stereocenters. The summed E-state index contributed by atoms with van der Waals surface area (Å²) in [6.45, 7) is 4.04. The molecule has 0 aliphatic heterocycles. The van der Waals surface area contributed by atoms with Crippen molar-refractivity contribution in [3.8, 4) is 11.5 Å². The van der Waals surface area contributed by atoms with Gasteiger partial charge in [0.05, 0.1) is 17.2 Å². The van der Waals surface area contributed by atoms with Crippen molar-refractivity contribution >= 4 is 27.3 Å². The highest BCUT2D eigenvalue weighted by molar-refractivity contribution is 7.92. The van der Waals surface area contributed by atoms with Gasteiger partial charge in [0, 0.05) is 5.69 Å². The third kappa shape index (κ3) is 6.23. The maximum Gasteiger partial charge on any atom is 0.262 e. The zero-order valence-corrected chi connectivity index (χ0v) is 18.1. The number of para-hydroxylation sites is 2. The summed E-state index contributed by atoms with van der Waals surface area (Å²) in [5.41, 5.74) is 2.08. The van der Waals surface area contributed by atoms with Crippen molar-refractivity contribution < 1.29 is 22.7 Å². The molecular formula is C23H24N2O5S. The van der Waals surface area contributed by atoms with Crippen molar-refractivity contribution in [2.45, 2.75) is 18.7 Å². The van der Waals surface area contributed by atoms with Gasteiger partial charge in [-0.05, 0) is 62.4 Å². The molecule has 0 aromatic heterocycles. The molecule has 8 heteroatoms. The van der Waals surface area contributed by atoms with Crippen molar-refractivity contribution in [2.24, 2.45) is 0 Å². The van der Waals surface area contributed by atoms with Gasteiger partial charge in [0.25, 0.3) is 15.9 Å². The average Bonchev–Trinajstić information content (AvgIpc) is 2.76. The van der Waals surface area contributed by atoms with Crippen molar-refractivity contribution in [1.29, 1.82) is 0 Å². The number of nitrogens with one attached hydrogen (secondary N) is 2. The van der Waals surface area contributed by atoms with Crippen LogP contribution in [-0.4, -0.2) is 27.5 Å². The smallest absolute Gasteiger partial charge is 0.262 e. The summed E-state index contributed by atoms with van der Waals surface area (Å²) in [7, 11) is -3.72. The van der Waals surface area contributed by atoms with Gasteiger partial charge in [0.2, 0.25) is 0 Å². The van der Waals surface area contributed by atoms with Crippen molar-refractivity contribution in [3.05, 3.63) is 78.4 Å². The second-order valence-electron chi connectivity index (χ2n) is 6.71. The lowest BCUT2D eigenvalue weighted by Gasteiger charge is -2.12. The topological polar surface area (TPSA) is 93.7 Å². The van der Waals surface area contributed by atoms with Gasteiger partial charge < -0.3 is 14.8 Å². The van der Waals surface area contributed by atoms with E-state index in [9.17, 15) is 13.2 Å². The lowest BCUT2D eigenvalue weighted by molar-refractivity contribution is -0.118. The quantitative estimate of drug-likeness (QED) is 0.520. The number of amides is 1. The highest BCUT2D eigenvalue weighted by atomic mass is 32.2. The minimum Gasteiger partial charge on any atom is -0.492 e. The number of anilines is 2. The second-order valence-corrected chi connectivity index (χ2v) is 8.39. The molecule has 0 fully saturated rings. The standard InChI is InChI=1S/C23H24N2O5S/c1-3-29-22-7-5-4-6-21(22)24-23(26)16-30-19-12-14-20(15-13-19)31(27,28)25-18-10-8-17(2)9-11-18/h4-15,25H,3,16H2,1-2H3,(H,24,26). The average molecular weight is 441 g/mol. The molecule has 0 unspecified atom stereocenters. The predicted molar refractivity (Wildman–Crippen MR) is 120 cm³/mol. The highest BCUT2D eigenvalue weighted by Crippen LogP contribution is 2.24. The number of hydrogen-bond donors (Lipinski definition) is 2. The van der Waals surface area contributed by atoms with Gasteiger partial charge in [-0.25, -0.2) is 8.42 Å². The molecule has 0 aliphatic carbocycles. The summed E-state index contributed by atoms with van der Waals surface area (Å²) in [4.78, 5) is 12.3. The molecule has 0 radical (unpaired) electrons. The first-order valence-corrected chi connectivity index (χ1v) is 11.2. The fourth-order valence-corrected chi connectivity index (χ4v) is 3.80. The molecule has 0 bridgehead atoms. The van der Waals surface area contributed by atoms with Crippen LogP contribution in [0.25, 0.3) is 0 Å². The molecule has 0 spiro atoms. The molecule has 3 rings (SSSR count). The van der Waals surface area contributed by atoms with Gasteiger partial charge in [0.1, 0.15) is 11.5 Å². The Morgan fingerprint density at radius 3 is 2.26 bits per heavy atom. The van der Waals surface area contributed by atoms with E-state index in [0.717, 1.165) is 5.56 Å². The van der Waals surface area contributed by atoms with Crippen LogP contribution in [0.3, 0.4) is 0 Å². The van der Waals surface area contributed by atoms with Crippen molar-refractivity contribution in [1.82, 2.24) is 0 Å². The number of hydrogen-bond acceptors (Lipinski definition) is 5. The van der Waals surface area contributed by atoms with Gasteiger partial charge in [-0.15, -0.1) is 0 Å². The lowest BCUT2D eigenvalue weighted by Crippen LogP contribution is -2.20. The molecule has 3 aromatic carbocycles. The number of benzene rings is 3. The van der Waals surface area contributed by atoms with Crippen LogP contribution in [0.15, 0.2) is 77.7 Å². The molecule has 2 N–H and O–H groups in total. The summed E-state index contributed by atoms with van der Waals surface area (Å²) >= 11 is 0. The molecule has 0 saturated carbocycles. The number of sulfonamides is 1. The third-order valence-electron chi connectivity index (χ3n) is 4.27. The van der Waals surface area contributed by atoms with E-state index in [1.54, 1.807) is 30.3 Å². The molecule has 3 aromatic rings. The van der Waals surface area contributed by atoms with E-state index in [0.29, 0.717) is 29.5 Å². The molecule has 0 saturated heterocycles. The van der Waals surface area contributed by atoms with Gasteiger partial charge in [-0.1, -0.05) is 29.8 Å². The number of carbonyl (C=O) groups excluding carboxylic acids is 1. The first-order chi connectivity index (χ1) is 14.9. The lowest BCUT2D eigenvalue weighted by atomic mass is 10.2. The Balaban J connectivity index is 1.58. The molecular weight excluding hydrogens is 416 g/mol. The van der Waals surface area contributed by atoms with Crippen LogP contribution in [-0.2, 0) is 14.8 Å². The van der Waals surface area contributed by atoms with E-state index >= 15 is 0 Å². The minimum absolute atomic E-state index is 0.0931. The molecule has 0 heterocycles. The second kappa shape index (κ2) is 9.99. The van der Waals surface area contributed by atoms with Crippen LogP contribution in [0, 0.1) is 6.92 Å². The minimum atomic E-state index is -3.72. The monoisotopic (exact) mass is 440 g/mol. The molecule has 0 aliphatic rings. The normalized spacial score (nSPS) is 10.9. The Morgan fingerprint density at radius 2 is 1.58 bits per heavy atom. The first kappa shape index (κ1) is 22.2. The van der Waals surface area contributed by atoms with Crippen LogP contribution < -0.4 is 19.5 Å². The van der Waals surface area contributed by atoms with Crippen molar-refractivity contribution in [2.75, 3.05) is 23.3 Å². The maximum atomic E-state index is 12.5. The summed E-state index contributed by atoms with van der Waals surface area (Å²) in [5.74, 6) is 0.599. The fraction of sp³-hybridized carbons (Fsp3) is 0.174. The SMILES string of the molecule is CCOc1ccccc1NC(=O)COc1ccc(S(=O)(=O)Nc2ccc(C)cc2)cc1. The Morgan fingerprint density at radius 1 is 0.903 bits per heavy atom. The summed E-state index contributed by atoms with van der Waals surface area (Å²) in [5, 5.41) is 2.74. The first-order valence-electron chi connectivity index (χ1n) is 9.71.